The first-order valence-corrected chi connectivity index (χ1v) is 6.53. The molecule has 0 unspecified atom stereocenters. The molecule has 0 atom stereocenters. The summed E-state index contributed by atoms with van der Waals surface area (Å²) in [5.74, 6) is 0. The van der Waals surface area contributed by atoms with Crippen LogP contribution in [0.3, 0.4) is 0 Å². The summed E-state index contributed by atoms with van der Waals surface area (Å²) in [4.78, 5) is 1.43. The average Bonchev–Trinajstić information content (AvgIpc) is 2.56. The molecular formula is C12H19NOS. The monoisotopic (exact) mass is 225 g/mol. The highest BCUT2D eigenvalue weighted by molar-refractivity contribution is 7.10. The second-order valence-electron chi connectivity index (χ2n) is 4.49. The number of hydrogen-bond acceptors (Lipinski definition) is 3. The number of nitrogens with one attached hydrogen (secondary N) is 1. The van der Waals surface area contributed by atoms with Gasteiger partial charge in [-0.05, 0) is 49.6 Å². The fourth-order valence-electron chi connectivity index (χ4n) is 2.19. The Hall–Kier alpha value is -0.380. The molecule has 2 N–H and O–H groups in total. The van der Waals surface area contributed by atoms with Crippen molar-refractivity contribution in [1.29, 1.82) is 0 Å². The Balaban J connectivity index is 1.89. The van der Waals surface area contributed by atoms with Gasteiger partial charge in [0.2, 0.25) is 0 Å². The molecule has 1 aromatic rings. The van der Waals surface area contributed by atoms with Gasteiger partial charge in [-0.15, -0.1) is 11.3 Å². The molecule has 0 spiro atoms. The van der Waals surface area contributed by atoms with Crippen molar-refractivity contribution in [3.05, 3.63) is 21.9 Å². The first-order valence-electron chi connectivity index (χ1n) is 5.65. The van der Waals surface area contributed by atoms with E-state index in [1.165, 1.54) is 29.7 Å². The largest absolute Gasteiger partial charge is 0.396 e. The minimum absolute atomic E-state index is 0.241. The Morgan fingerprint density at radius 2 is 2.33 bits per heavy atom. The van der Waals surface area contributed by atoms with Crippen molar-refractivity contribution in [3.8, 4) is 0 Å². The SMILES string of the molecule is Cc1ccsc1CNC1(CCO)CCC1. The second kappa shape index (κ2) is 4.64. The molecule has 2 nitrogen and oxygen atoms in total. The predicted octanol–water partition coefficient (Wildman–Crippen LogP) is 2.45. The van der Waals surface area contributed by atoms with Gasteiger partial charge in [-0.1, -0.05) is 0 Å². The number of thiophene rings is 1. The fraction of sp³-hybridized carbons (Fsp3) is 0.667. The van der Waals surface area contributed by atoms with Crippen LogP contribution in [0.4, 0.5) is 0 Å². The number of rotatable bonds is 5. The first-order chi connectivity index (χ1) is 7.26. The Morgan fingerprint density at radius 1 is 1.53 bits per heavy atom. The number of aryl methyl sites for hydroxylation is 1. The molecule has 84 valence electrons. The summed E-state index contributed by atoms with van der Waals surface area (Å²) in [5, 5.41) is 14.8. The van der Waals surface area contributed by atoms with Crippen molar-refractivity contribution < 1.29 is 5.11 Å². The molecule has 0 aliphatic heterocycles. The van der Waals surface area contributed by atoms with Crippen molar-refractivity contribution in [2.45, 2.75) is 44.7 Å². The van der Waals surface area contributed by atoms with Crippen LogP contribution in [0.15, 0.2) is 11.4 Å². The molecule has 3 heteroatoms. The summed E-state index contributed by atoms with van der Waals surface area (Å²) in [6.07, 6.45) is 4.64. The Morgan fingerprint density at radius 3 is 2.80 bits per heavy atom. The molecule has 1 fully saturated rings. The van der Waals surface area contributed by atoms with Gasteiger partial charge in [-0.25, -0.2) is 0 Å². The third kappa shape index (κ3) is 2.41. The van der Waals surface area contributed by atoms with Crippen molar-refractivity contribution in [3.63, 3.8) is 0 Å². The van der Waals surface area contributed by atoms with Gasteiger partial charge in [0.15, 0.2) is 0 Å². The normalized spacial score (nSPS) is 18.8. The molecule has 0 bridgehead atoms. The number of aliphatic hydroxyl groups is 1. The third-order valence-electron chi connectivity index (χ3n) is 3.49. The molecule has 1 aromatic heterocycles. The van der Waals surface area contributed by atoms with Gasteiger partial charge in [0.1, 0.15) is 0 Å². The molecule has 1 heterocycles. The van der Waals surface area contributed by atoms with Crippen molar-refractivity contribution >= 4 is 11.3 Å². The second-order valence-corrected chi connectivity index (χ2v) is 5.49. The van der Waals surface area contributed by atoms with Crippen LogP contribution >= 0.6 is 11.3 Å². The zero-order chi connectivity index (χ0) is 10.7. The van der Waals surface area contributed by atoms with Crippen molar-refractivity contribution in [1.82, 2.24) is 5.32 Å². The molecule has 1 aliphatic rings. The highest BCUT2D eigenvalue weighted by Crippen LogP contribution is 2.35. The lowest BCUT2D eigenvalue weighted by Gasteiger charge is -2.42. The predicted molar refractivity (Wildman–Crippen MR) is 64.2 cm³/mol. The Kier molecular flexibility index (Phi) is 3.44. The summed E-state index contributed by atoms with van der Waals surface area (Å²) < 4.78 is 0. The van der Waals surface area contributed by atoms with Crippen LogP contribution < -0.4 is 5.32 Å². The van der Waals surface area contributed by atoms with E-state index in [9.17, 15) is 0 Å². The lowest BCUT2D eigenvalue weighted by Crippen LogP contribution is -2.51. The van der Waals surface area contributed by atoms with Crippen LogP contribution in [0, 0.1) is 6.92 Å². The quantitative estimate of drug-likeness (QED) is 0.807. The molecule has 15 heavy (non-hydrogen) atoms. The van der Waals surface area contributed by atoms with E-state index in [-0.39, 0.29) is 5.54 Å². The van der Waals surface area contributed by atoms with Gasteiger partial charge in [-0.2, -0.15) is 0 Å². The van der Waals surface area contributed by atoms with Crippen LogP contribution in [-0.4, -0.2) is 17.3 Å². The summed E-state index contributed by atoms with van der Waals surface area (Å²) in [6, 6.07) is 2.17. The van der Waals surface area contributed by atoms with Crippen LogP contribution in [0.2, 0.25) is 0 Å². The molecule has 1 saturated carbocycles. The van der Waals surface area contributed by atoms with Crippen LogP contribution in [0.5, 0.6) is 0 Å². The van der Waals surface area contributed by atoms with E-state index in [2.05, 4.69) is 23.7 Å². The van der Waals surface area contributed by atoms with Crippen molar-refractivity contribution in [2.75, 3.05) is 6.61 Å². The molecule has 0 radical (unpaired) electrons. The Labute approximate surface area is 95.3 Å². The van der Waals surface area contributed by atoms with Gasteiger partial charge in [0, 0.05) is 23.6 Å². The molecule has 2 rings (SSSR count). The van der Waals surface area contributed by atoms with E-state index in [1.807, 2.05) is 11.3 Å². The van der Waals surface area contributed by atoms with E-state index in [0.717, 1.165) is 13.0 Å². The maximum atomic E-state index is 9.04. The molecule has 1 aliphatic carbocycles. The van der Waals surface area contributed by atoms with Crippen molar-refractivity contribution in [2.24, 2.45) is 0 Å². The fourth-order valence-corrected chi connectivity index (χ4v) is 3.03. The van der Waals surface area contributed by atoms with Gasteiger partial charge in [0.25, 0.3) is 0 Å². The minimum Gasteiger partial charge on any atom is -0.396 e. The number of aliphatic hydroxyl groups excluding tert-OH is 1. The molecular weight excluding hydrogens is 206 g/mol. The summed E-state index contributed by atoms with van der Waals surface area (Å²) in [7, 11) is 0. The Bertz CT molecular complexity index is 317. The van der Waals surface area contributed by atoms with Crippen LogP contribution in [0.1, 0.15) is 36.1 Å². The maximum Gasteiger partial charge on any atom is 0.0448 e. The van der Waals surface area contributed by atoms with E-state index in [1.54, 1.807) is 0 Å². The highest BCUT2D eigenvalue weighted by Gasteiger charge is 2.35. The summed E-state index contributed by atoms with van der Waals surface area (Å²) in [6.45, 7) is 3.42. The standard InChI is InChI=1S/C12H19NOS/c1-10-3-8-15-11(10)9-13-12(6-7-14)4-2-5-12/h3,8,13-14H,2,4-7,9H2,1H3. The smallest absolute Gasteiger partial charge is 0.0448 e. The van der Waals surface area contributed by atoms with Gasteiger partial charge in [-0.3, -0.25) is 0 Å². The van der Waals surface area contributed by atoms with Gasteiger partial charge >= 0.3 is 0 Å². The summed E-state index contributed by atoms with van der Waals surface area (Å²) >= 11 is 1.82. The average molecular weight is 225 g/mol. The van der Waals surface area contributed by atoms with Crippen LogP contribution in [0.25, 0.3) is 0 Å². The van der Waals surface area contributed by atoms with E-state index in [0.29, 0.717) is 6.61 Å². The van der Waals surface area contributed by atoms with E-state index >= 15 is 0 Å². The van der Waals surface area contributed by atoms with E-state index < -0.39 is 0 Å². The molecule has 0 amide bonds. The lowest BCUT2D eigenvalue weighted by molar-refractivity contribution is 0.130. The molecule has 0 aromatic carbocycles. The first kappa shape index (κ1) is 11.1. The van der Waals surface area contributed by atoms with Crippen LogP contribution in [-0.2, 0) is 6.54 Å². The highest BCUT2D eigenvalue weighted by atomic mass is 32.1. The molecule has 0 saturated heterocycles. The van der Waals surface area contributed by atoms with Gasteiger partial charge < -0.3 is 10.4 Å². The lowest BCUT2D eigenvalue weighted by atomic mass is 9.74. The van der Waals surface area contributed by atoms with E-state index in [4.69, 9.17) is 5.11 Å². The van der Waals surface area contributed by atoms with Gasteiger partial charge in [0.05, 0.1) is 0 Å². The third-order valence-corrected chi connectivity index (χ3v) is 4.52. The topological polar surface area (TPSA) is 32.3 Å². The summed E-state index contributed by atoms with van der Waals surface area (Å²) in [5.41, 5.74) is 1.62. The maximum absolute atomic E-state index is 9.04. The zero-order valence-electron chi connectivity index (χ0n) is 9.25. The number of hydrogen-bond donors (Lipinski definition) is 2. The minimum atomic E-state index is 0.241. The zero-order valence-corrected chi connectivity index (χ0v) is 10.1.